The molecule has 0 bridgehead atoms. The Balaban J connectivity index is 1.66. The molecule has 0 amide bonds. The van der Waals surface area contributed by atoms with E-state index in [0.717, 1.165) is 17.5 Å². The lowest BCUT2D eigenvalue weighted by molar-refractivity contribution is -0.369. The Labute approximate surface area is 229 Å². The van der Waals surface area contributed by atoms with Gasteiger partial charge in [0, 0.05) is 23.6 Å². The maximum absolute atomic E-state index is 14.3. The highest BCUT2D eigenvalue weighted by atomic mass is 19.4. The standard InChI is InChI=1S/C27H28F8N2O4/c1-2-16-5-3-4-6-19(16)22-13-17-7-8-18(14-21(17)41-22)39-11-9-24(28,29)26(32,33)27(34,35)25(30,31)10-12-40-23(38)20(37)15-36/h3-8,13-14,20H,2,9-12,15,36-37H2,1H3. The maximum Gasteiger partial charge on any atom is 0.378 e. The summed E-state index contributed by atoms with van der Waals surface area (Å²) < 4.78 is 128. The molecule has 1 aromatic heterocycles. The molecule has 2 aromatic carbocycles. The number of nitrogens with two attached hydrogens (primary N) is 2. The summed E-state index contributed by atoms with van der Waals surface area (Å²) in [6.07, 6.45) is -3.46. The minimum atomic E-state index is -6.51. The summed E-state index contributed by atoms with van der Waals surface area (Å²) in [5.41, 5.74) is 12.3. The molecule has 1 atom stereocenters. The minimum Gasteiger partial charge on any atom is -0.493 e. The van der Waals surface area contributed by atoms with Crippen LogP contribution < -0.4 is 16.2 Å². The van der Waals surface area contributed by atoms with Crippen molar-refractivity contribution in [3.63, 3.8) is 0 Å². The van der Waals surface area contributed by atoms with Crippen molar-refractivity contribution in [3.05, 3.63) is 54.1 Å². The molecule has 0 fully saturated rings. The van der Waals surface area contributed by atoms with Crippen LogP contribution in [0.15, 0.2) is 52.9 Å². The number of carbonyl (C=O) groups excluding carboxylic acids is 1. The van der Waals surface area contributed by atoms with Crippen molar-refractivity contribution in [2.45, 2.75) is 55.9 Å². The van der Waals surface area contributed by atoms with Gasteiger partial charge in [-0.1, -0.05) is 31.2 Å². The molecule has 0 aliphatic carbocycles. The van der Waals surface area contributed by atoms with Gasteiger partial charge >= 0.3 is 29.7 Å². The van der Waals surface area contributed by atoms with Crippen LogP contribution in [0.25, 0.3) is 22.3 Å². The van der Waals surface area contributed by atoms with Gasteiger partial charge in [0.1, 0.15) is 23.1 Å². The molecule has 3 aromatic rings. The number of hydrogen-bond donors (Lipinski definition) is 2. The minimum absolute atomic E-state index is 0.101. The molecule has 3 rings (SSSR count). The molecular formula is C27H28F8N2O4. The summed E-state index contributed by atoms with van der Waals surface area (Å²) in [6.45, 7) is -1.21. The van der Waals surface area contributed by atoms with Gasteiger partial charge < -0.3 is 25.4 Å². The van der Waals surface area contributed by atoms with Crippen molar-refractivity contribution in [2.24, 2.45) is 11.5 Å². The van der Waals surface area contributed by atoms with Gasteiger partial charge in [0.15, 0.2) is 0 Å². The molecule has 226 valence electrons. The first-order valence-electron chi connectivity index (χ1n) is 12.5. The fourth-order valence-corrected chi connectivity index (χ4v) is 3.86. The molecule has 4 N–H and O–H groups in total. The third kappa shape index (κ3) is 6.58. The SMILES string of the molecule is CCc1ccccc1-c1cc2ccc(OCCC(F)(F)C(F)(F)C(F)(F)C(F)(F)CCOC(=O)C(N)CN)cc2o1. The number of rotatable bonds is 14. The number of hydrogen-bond acceptors (Lipinski definition) is 6. The van der Waals surface area contributed by atoms with Crippen LogP contribution in [0.1, 0.15) is 25.3 Å². The van der Waals surface area contributed by atoms with Gasteiger partial charge in [0.2, 0.25) is 0 Å². The Kier molecular flexibility index (Phi) is 9.58. The summed E-state index contributed by atoms with van der Waals surface area (Å²) in [4.78, 5) is 11.3. The van der Waals surface area contributed by atoms with E-state index >= 15 is 0 Å². The van der Waals surface area contributed by atoms with Gasteiger partial charge in [-0.05, 0) is 30.2 Å². The van der Waals surface area contributed by atoms with E-state index in [-0.39, 0.29) is 11.3 Å². The normalized spacial score (nSPS) is 13.8. The fraction of sp³-hybridized carbons (Fsp3) is 0.444. The first-order valence-corrected chi connectivity index (χ1v) is 12.5. The number of alkyl halides is 8. The van der Waals surface area contributed by atoms with Gasteiger partial charge in [-0.15, -0.1) is 0 Å². The van der Waals surface area contributed by atoms with Crippen LogP contribution in [0.4, 0.5) is 35.1 Å². The molecule has 0 saturated heterocycles. The van der Waals surface area contributed by atoms with E-state index in [0.29, 0.717) is 11.1 Å². The second kappa shape index (κ2) is 12.2. The van der Waals surface area contributed by atoms with Crippen LogP contribution in [0.5, 0.6) is 5.75 Å². The Bertz CT molecular complexity index is 1350. The third-order valence-corrected chi connectivity index (χ3v) is 6.37. The zero-order valence-electron chi connectivity index (χ0n) is 21.8. The van der Waals surface area contributed by atoms with Crippen molar-refractivity contribution in [1.82, 2.24) is 0 Å². The van der Waals surface area contributed by atoms with Gasteiger partial charge in [-0.2, -0.15) is 35.1 Å². The zero-order chi connectivity index (χ0) is 30.6. The van der Waals surface area contributed by atoms with Crippen LogP contribution in [0.3, 0.4) is 0 Å². The molecule has 0 aliphatic rings. The summed E-state index contributed by atoms with van der Waals surface area (Å²) in [5.74, 6) is -25.2. The molecule has 14 heteroatoms. The van der Waals surface area contributed by atoms with Crippen LogP contribution in [-0.2, 0) is 16.0 Å². The highest BCUT2D eigenvalue weighted by Crippen LogP contribution is 2.54. The van der Waals surface area contributed by atoms with Crippen LogP contribution in [0.2, 0.25) is 0 Å². The Morgan fingerprint density at radius 1 is 0.902 bits per heavy atom. The van der Waals surface area contributed by atoms with E-state index in [1.54, 1.807) is 6.07 Å². The van der Waals surface area contributed by atoms with Crippen molar-refractivity contribution in [1.29, 1.82) is 0 Å². The van der Waals surface area contributed by atoms with E-state index < -0.39 is 68.3 Å². The number of halogens is 8. The highest BCUT2D eigenvalue weighted by molar-refractivity contribution is 5.84. The Morgan fingerprint density at radius 2 is 1.51 bits per heavy atom. The number of fused-ring (bicyclic) bond motifs is 1. The Hall–Kier alpha value is -3.39. The highest BCUT2D eigenvalue weighted by Gasteiger charge is 2.79. The van der Waals surface area contributed by atoms with Gasteiger partial charge in [-0.3, -0.25) is 4.79 Å². The second-order valence-electron chi connectivity index (χ2n) is 9.24. The van der Waals surface area contributed by atoms with Crippen molar-refractivity contribution in [2.75, 3.05) is 19.8 Å². The first-order chi connectivity index (χ1) is 19.1. The van der Waals surface area contributed by atoms with E-state index in [4.69, 9.17) is 20.6 Å². The average molecular weight is 597 g/mol. The molecule has 6 nitrogen and oxygen atoms in total. The smallest absolute Gasteiger partial charge is 0.378 e. The fourth-order valence-electron chi connectivity index (χ4n) is 3.86. The molecular weight excluding hydrogens is 568 g/mol. The molecule has 0 spiro atoms. The summed E-state index contributed by atoms with van der Waals surface area (Å²) in [7, 11) is 0. The third-order valence-electron chi connectivity index (χ3n) is 6.37. The van der Waals surface area contributed by atoms with E-state index in [2.05, 4.69) is 4.74 Å². The second-order valence-corrected chi connectivity index (χ2v) is 9.24. The topological polar surface area (TPSA) is 101 Å². The number of benzene rings is 2. The molecule has 1 heterocycles. The van der Waals surface area contributed by atoms with Gasteiger partial charge in [0.05, 0.1) is 26.1 Å². The van der Waals surface area contributed by atoms with E-state index in [1.165, 1.54) is 18.2 Å². The van der Waals surface area contributed by atoms with Gasteiger partial charge in [0.25, 0.3) is 0 Å². The largest absolute Gasteiger partial charge is 0.493 e. The molecule has 41 heavy (non-hydrogen) atoms. The lowest BCUT2D eigenvalue weighted by Gasteiger charge is -2.36. The Morgan fingerprint density at radius 3 is 2.12 bits per heavy atom. The lowest BCUT2D eigenvalue weighted by atomic mass is 9.95. The average Bonchev–Trinajstić information content (AvgIpc) is 3.35. The monoisotopic (exact) mass is 596 g/mol. The quantitative estimate of drug-likeness (QED) is 0.170. The molecule has 0 aliphatic heterocycles. The first kappa shape index (κ1) is 32.1. The predicted molar refractivity (Wildman–Crippen MR) is 134 cm³/mol. The van der Waals surface area contributed by atoms with Crippen molar-refractivity contribution in [3.8, 4) is 17.1 Å². The van der Waals surface area contributed by atoms with Crippen LogP contribution in [-0.4, -0.2) is 55.5 Å². The number of aryl methyl sites for hydroxylation is 1. The predicted octanol–water partition coefficient (Wildman–Crippen LogP) is 6.19. The van der Waals surface area contributed by atoms with Gasteiger partial charge in [-0.25, -0.2) is 0 Å². The molecule has 0 radical (unpaired) electrons. The number of furan rings is 1. The zero-order valence-corrected chi connectivity index (χ0v) is 21.8. The molecule has 1 unspecified atom stereocenters. The lowest BCUT2D eigenvalue weighted by Crippen LogP contribution is -2.62. The van der Waals surface area contributed by atoms with Crippen molar-refractivity contribution < 1.29 is 53.8 Å². The van der Waals surface area contributed by atoms with Crippen LogP contribution in [0, 0.1) is 0 Å². The number of carbonyl (C=O) groups is 1. The number of ether oxygens (including phenoxy) is 2. The summed E-state index contributed by atoms with van der Waals surface area (Å²) in [6, 6.07) is 11.8. The number of esters is 1. The summed E-state index contributed by atoms with van der Waals surface area (Å²) in [5, 5.41) is 0.618. The molecule has 0 saturated carbocycles. The summed E-state index contributed by atoms with van der Waals surface area (Å²) >= 11 is 0. The maximum atomic E-state index is 14.3. The van der Waals surface area contributed by atoms with E-state index in [1.807, 2.05) is 31.2 Å². The van der Waals surface area contributed by atoms with E-state index in [9.17, 15) is 39.9 Å². The van der Waals surface area contributed by atoms with Crippen LogP contribution >= 0.6 is 0 Å². The van der Waals surface area contributed by atoms with Crippen molar-refractivity contribution >= 4 is 16.9 Å².